The predicted octanol–water partition coefficient (Wildman–Crippen LogP) is 3.76. The number of carboxylic acid groups (broad SMARTS) is 3. The van der Waals surface area contributed by atoms with E-state index < -0.39 is 179 Å². The van der Waals surface area contributed by atoms with Gasteiger partial charge in [-0.05, 0) is 75.3 Å². The van der Waals surface area contributed by atoms with E-state index in [1.54, 1.807) is 26.2 Å². The van der Waals surface area contributed by atoms with E-state index in [2.05, 4.69) is 40.9 Å². The second-order valence-corrected chi connectivity index (χ2v) is 29.8. The standard InChI is InChI=1S/C41H52N12O13S.C33H44O10/c1-2-12-53-30(56)16-29(37(53)62)67-19-22(38(63)64)14-28(55)27(15-31(57)58)50-35(60)21(4-3-11-45-40(42)43)13-25(54)9-10-26(39(65)66)49-34(59)20-5-7-23(8-6-20)46-17-24-18-47-33-32(48-24)36(61)52-41(44)51-33;1-18(2)13-26(36)41-24-15-32(16-38-21(5)34)25(14-20(24)4)42-29-27(43-30(37-8)23-11-9-19(3)10-12-23)28(40-22(6)35)31(32,7)33(29)17-39-33/h5-8,18,21-22,26-27,29,46H,2-4,9-17,19H2,1H3,(H,49,59)(H,50,60)(H,57,58)(H,63,64)(H,65,66)(H4,42,43,45)(H3,44,47,51,52,61);9-12,14,18,24-25,27-30H,13,15-17H2,1-8H3/t21-,22+,26+,27+,29?;24-,25+,27+,28+,29+,30?,31+,32+,33-/m10/s1. The van der Waals surface area contributed by atoms with Crippen LogP contribution < -0.4 is 38.7 Å². The second kappa shape index (κ2) is 37.4. The van der Waals surface area contributed by atoms with Crippen LogP contribution in [0.3, 0.4) is 0 Å². The number of fused-ring (bicyclic) bond motifs is 3. The highest BCUT2D eigenvalue weighted by Gasteiger charge is 2.87. The average molecular weight is 1550 g/mol. The number of ether oxygens (including phenoxy) is 7. The van der Waals surface area contributed by atoms with E-state index in [0.717, 1.165) is 33.4 Å². The van der Waals surface area contributed by atoms with Crippen molar-refractivity contribution in [1.82, 2.24) is 35.5 Å². The number of amides is 4. The van der Waals surface area contributed by atoms with Crippen molar-refractivity contribution < 1.29 is 106 Å². The third-order valence-corrected chi connectivity index (χ3v) is 21.5. The van der Waals surface area contributed by atoms with Crippen LogP contribution in [0.5, 0.6) is 0 Å². The number of thioether (sulfide) groups is 1. The first-order valence-corrected chi connectivity index (χ1v) is 37.0. The number of benzene rings is 2. The van der Waals surface area contributed by atoms with Crippen molar-refractivity contribution in [3.8, 4) is 0 Å². The van der Waals surface area contributed by atoms with Gasteiger partial charge in [0.25, 0.3) is 11.5 Å². The number of ketones is 2. The summed E-state index contributed by atoms with van der Waals surface area (Å²) in [7, 11) is 1.56. The molecule has 4 aromatic rings. The summed E-state index contributed by atoms with van der Waals surface area (Å²) in [6, 6.07) is 10.5. The molecule has 1 saturated carbocycles. The molecule has 5 heterocycles. The van der Waals surface area contributed by atoms with Crippen LogP contribution in [0, 0.1) is 35.5 Å². The lowest BCUT2D eigenvalue weighted by Gasteiger charge is -2.58. The molecular formula is C74H96N12O23S. The molecule has 2 aromatic carbocycles. The zero-order chi connectivity index (χ0) is 80.7. The Labute approximate surface area is 637 Å². The number of nitrogens with two attached hydrogens (primary N) is 3. The van der Waals surface area contributed by atoms with Crippen molar-refractivity contribution in [3.63, 3.8) is 0 Å². The fraction of sp³-hybridized carbons (Fsp3) is 0.554. The van der Waals surface area contributed by atoms with Gasteiger partial charge in [0.2, 0.25) is 23.7 Å². The van der Waals surface area contributed by atoms with Gasteiger partial charge in [0.15, 0.2) is 29.2 Å². The summed E-state index contributed by atoms with van der Waals surface area (Å²) in [5, 5.41) is 36.3. The zero-order valence-electron chi connectivity index (χ0n) is 62.6. The third kappa shape index (κ3) is 20.8. The number of H-pyrrole nitrogens is 1. The molecule has 35 nitrogen and oxygen atoms in total. The number of hydrogen-bond donors (Lipinski definition) is 10. The van der Waals surface area contributed by atoms with Gasteiger partial charge >= 0.3 is 35.8 Å². The lowest BCUT2D eigenvalue weighted by atomic mass is 9.51. The molecule has 0 radical (unpaired) electrons. The molecule has 2 aromatic heterocycles. The van der Waals surface area contributed by atoms with Crippen molar-refractivity contribution in [2.45, 2.75) is 192 Å². The number of nitrogens with one attached hydrogen (secondary N) is 4. The molecule has 1 spiro atoms. The number of likely N-dealkylation sites (tertiary alicyclic amines) is 1. The molecule has 4 amide bonds. The highest BCUT2D eigenvalue weighted by molar-refractivity contribution is 8.00. The van der Waals surface area contributed by atoms with Gasteiger partial charge in [-0.1, -0.05) is 63.6 Å². The number of aryl methyl sites for hydroxylation is 1. The molecule has 2 aliphatic carbocycles. The van der Waals surface area contributed by atoms with E-state index in [-0.39, 0.29) is 111 Å². The summed E-state index contributed by atoms with van der Waals surface area (Å²) in [5.41, 5.74) is 16.7. The number of methoxy groups -OCH3 is 1. The predicted molar refractivity (Wildman–Crippen MR) is 394 cm³/mol. The molecule has 596 valence electrons. The van der Waals surface area contributed by atoms with Crippen molar-refractivity contribution in [2.75, 3.05) is 50.2 Å². The lowest BCUT2D eigenvalue weighted by Crippen LogP contribution is -2.68. The van der Waals surface area contributed by atoms with Crippen LogP contribution >= 0.6 is 11.8 Å². The van der Waals surface area contributed by atoms with Crippen LogP contribution in [-0.4, -0.2) is 210 Å². The van der Waals surface area contributed by atoms with Gasteiger partial charge in [0, 0.05) is 101 Å². The summed E-state index contributed by atoms with van der Waals surface area (Å²) in [6.45, 7) is 15.0. The molecule has 13 N–H and O–H groups in total. The van der Waals surface area contributed by atoms with E-state index in [4.69, 9.17) is 50.4 Å². The van der Waals surface area contributed by atoms with Crippen LogP contribution in [0.15, 0.2) is 76.2 Å². The number of aliphatic imine (C=N–C) groups is 1. The second-order valence-electron chi connectivity index (χ2n) is 28.6. The lowest BCUT2D eigenvalue weighted by molar-refractivity contribution is -0.243. The Morgan fingerprint density at radius 2 is 1.56 bits per heavy atom. The minimum Gasteiger partial charge on any atom is -0.481 e. The van der Waals surface area contributed by atoms with Crippen molar-refractivity contribution in [1.29, 1.82) is 0 Å². The van der Waals surface area contributed by atoms with Crippen LogP contribution in [0.2, 0.25) is 0 Å². The number of nitrogen functional groups attached to an aromatic ring is 1. The number of aromatic amines is 1. The molecule has 3 saturated heterocycles. The highest BCUT2D eigenvalue weighted by atomic mass is 32.2. The molecule has 3 aliphatic heterocycles. The van der Waals surface area contributed by atoms with E-state index in [1.807, 2.05) is 65.0 Å². The molecule has 2 unspecified atom stereocenters. The Balaban J connectivity index is 0.000000303. The van der Waals surface area contributed by atoms with Crippen LogP contribution in [-0.2, 0) is 92.4 Å². The fourth-order valence-corrected chi connectivity index (χ4v) is 15.6. The van der Waals surface area contributed by atoms with E-state index in [1.165, 1.54) is 32.2 Å². The summed E-state index contributed by atoms with van der Waals surface area (Å²) in [4.78, 5) is 184. The van der Waals surface area contributed by atoms with Gasteiger partial charge in [-0.3, -0.25) is 72.4 Å². The SMILES string of the molecule is CCCN1C(=O)CC(SC[C@H](CC(=O)[C@H](CC(=O)O)NC(=O)[C@H](CCCN=C(N)N)CC(=O)CC[C@H](NC(=O)c2ccc(NCc3cnc4nc(N)[nH]c(=O)c4n3)cc2)C(=O)O)C(=O)O)C1=O.COC(O[C@@H]1[C@@H](OC(C)=O)[C@]2(C)[C@@]3(COC(C)=O)C[C@H](OC(=O)CC(C)C)C(C)=C[C@H]3O[C@H]1[C@@]21CO1)c1ccc(C)cc1. The minimum absolute atomic E-state index is 0.00731. The summed E-state index contributed by atoms with van der Waals surface area (Å²) < 4.78 is 43.5. The smallest absolute Gasteiger partial charge is 0.326 e. The number of epoxide rings is 1. The number of esters is 3. The van der Waals surface area contributed by atoms with Crippen LogP contribution in [0.4, 0.5) is 11.6 Å². The van der Waals surface area contributed by atoms with Gasteiger partial charge in [0.05, 0.1) is 65.6 Å². The highest BCUT2D eigenvalue weighted by Crippen LogP contribution is 2.73. The van der Waals surface area contributed by atoms with Crippen molar-refractivity contribution in [2.24, 2.45) is 45.0 Å². The normalized spacial score (nSPS) is 23.5. The largest absolute Gasteiger partial charge is 0.481 e. The van der Waals surface area contributed by atoms with E-state index >= 15 is 0 Å². The first-order valence-electron chi connectivity index (χ1n) is 36.0. The zero-order valence-corrected chi connectivity index (χ0v) is 63.4. The van der Waals surface area contributed by atoms with Gasteiger partial charge in [-0.2, -0.15) is 4.98 Å². The molecular weight excluding hydrogens is 1460 g/mol. The number of anilines is 2. The number of aromatic nitrogens is 4. The Hall–Kier alpha value is -10.3. The summed E-state index contributed by atoms with van der Waals surface area (Å²) in [6.07, 6.45) is -2.78. The third-order valence-electron chi connectivity index (χ3n) is 20.1. The molecule has 5 aliphatic rings. The Morgan fingerprint density at radius 1 is 0.864 bits per heavy atom. The number of hydrogen-bond acceptors (Lipinski definition) is 27. The number of Topliss-reactive ketones (excluding diaryl/α,β-unsaturated/α-hetero) is 2. The van der Waals surface area contributed by atoms with Gasteiger partial charge in [-0.15, -0.1) is 11.8 Å². The number of aliphatic carboxylic acids is 3. The Bertz CT molecular complexity index is 4230. The van der Waals surface area contributed by atoms with Crippen molar-refractivity contribution in [3.05, 3.63) is 99.1 Å². The van der Waals surface area contributed by atoms with Gasteiger partial charge < -0.3 is 81.6 Å². The molecule has 9 rings (SSSR count). The first kappa shape index (κ1) is 85.3. The number of imide groups is 1. The maximum atomic E-state index is 13.7. The first-order chi connectivity index (χ1) is 52.0. The summed E-state index contributed by atoms with van der Waals surface area (Å²) in [5.74, 6) is -12.9. The molecule has 36 heteroatoms. The molecule has 2 bridgehead atoms. The number of carbonyl (C=O) groups excluding carboxylic acids is 9. The molecule has 110 heavy (non-hydrogen) atoms. The summed E-state index contributed by atoms with van der Waals surface area (Å²) >= 11 is 0.889. The number of carboxylic acids is 3. The Kier molecular flexibility index (Phi) is 29.0. The Morgan fingerprint density at radius 3 is 2.17 bits per heavy atom. The average Bonchev–Trinajstić information content (AvgIpc) is 1.47. The quantitative estimate of drug-likeness (QED) is 0.00351. The number of guanidine groups is 1. The van der Waals surface area contributed by atoms with Gasteiger partial charge in [-0.25, -0.2) is 14.8 Å². The maximum absolute atomic E-state index is 13.7. The van der Waals surface area contributed by atoms with Crippen LogP contribution in [0.1, 0.15) is 153 Å². The maximum Gasteiger partial charge on any atom is 0.326 e. The van der Waals surface area contributed by atoms with E-state index in [0.29, 0.717) is 24.4 Å². The minimum atomic E-state index is -1.72. The number of rotatable bonds is 38. The van der Waals surface area contributed by atoms with Crippen LogP contribution in [0.25, 0.3) is 11.2 Å². The molecule has 14 atom stereocenters. The van der Waals surface area contributed by atoms with E-state index in [9.17, 15) is 77.6 Å². The fourth-order valence-electron chi connectivity index (χ4n) is 14.3. The topological polar surface area (TPSA) is 535 Å². The van der Waals surface area contributed by atoms with Crippen molar-refractivity contribution >= 4 is 112 Å². The number of nitrogens with zero attached hydrogens (tertiary/aromatic N) is 5. The monoisotopic (exact) mass is 1550 g/mol. The number of carbonyl (C=O) groups is 12. The van der Waals surface area contributed by atoms with Gasteiger partial charge in [0.1, 0.15) is 48.4 Å². The molecule has 4 fully saturated rings.